The Kier molecular flexibility index (Phi) is 6.14. The van der Waals surface area contributed by atoms with E-state index in [4.69, 9.17) is 0 Å². The highest BCUT2D eigenvalue weighted by molar-refractivity contribution is 7.92. The van der Waals surface area contributed by atoms with Gasteiger partial charge in [0.15, 0.2) is 0 Å². The second-order valence-corrected chi connectivity index (χ2v) is 9.36. The highest BCUT2D eigenvalue weighted by atomic mass is 32.2. The molecule has 0 radical (unpaired) electrons. The van der Waals surface area contributed by atoms with Gasteiger partial charge in [0.1, 0.15) is 5.82 Å². The van der Waals surface area contributed by atoms with Crippen molar-refractivity contribution in [3.05, 3.63) is 89.7 Å². The SMILES string of the molecule is Cc1ccc(C(=O)N2CCN(c3ccc(F)cc3)CC2)cc1S(=O)(=O)Nc1ccccc1. The lowest BCUT2D eigenvalue weighted by atomic mass is 10.1. The number of anilines is 2. The van der Waals surface area contributed by atoms with Gasteiger partial charge in [-0.15, -0.1) is 0 Å². The molecule has 3 aromatic rings. The lowest BCUT2D eigenvalue weighted by Gasteiger charge is -2.36. The second-order valence-electron chi connectivity index (χ2n) is 7.71. The van der Waals surface area contributed by atoms with Gasteiger partial charge >= 0.3 is 0 Å². The van der Waals surface area contributed by atoms with Gasteiger partial charge in [-0.25, -0.2) is 12.8 Å². The van der Waals surface area contributed by atoms with Crippen LogP contribution in [0, 0.1) is 12.7 Å². The number of rotatable bonds is 5. The number of amides is 1. The predicted molar refractivity (Wildman–Crippen MR) is 123 cm³/mol. The van der Waals surface area contributed by atoms with Crippen LogP contribution in [-0.4, -0.2) is 45.4 Å². The van der Waals surface area contributed by atoms with Crippen molar-refractivity contribution in [1.29, 1.82) is 0 Å². The summed E-state index contributed by atoms with van der Waals surface area (Å²) >= 11 is 0. The van der Waals surface area contributed by atoms with Crippen molar-refractivity contribution >= 4 is 27.3 Å². The molecule has 8 heteroatoms. The van der Waals surface area contributed by atoms with E-state index in [1.54, 1.807) is 66.4 Å². The van der Waals surface area contributed by atoms with Gasteiger partial charge in [0.2, 0.25) is 0 Å². The number of aryl methyl sites for hydroxylation is 1. The molecule has 1 aliphatic rings. The van der Waals surface area contributed by atoms with E-state index >= 15 is 0 Å². The van der Waals surface area contributed by atoms with Crippen LogP contribution >= 0.6 is 0 Å². The van der Waals surface area contributed by atoms with Crippen LogP contribution in [-0.2, 0) is 10.0 Å². The van der Waals surface area contributed by atoms with Crippen molar-refractivity contribution in [2.45, 2.75) is 11.8 Å². The minimum absolute atomic E-state index is 0.0807. The van der Waals surface area contributed by atoms with Gasteiger partial charge in [0.25, 0.3) is 15.9 Å². The molecular formula is C24H24FN3O3S. The first-order valence-electron chi connectivity index (χ1n) is 10.3. The summed E-state index contributed by atoms with van der Waals surface area (Å²) in [6, 6.07) is 19.7. The maximum absolute atomic E-state index is 13.2. The molecule has 4 rings (SSSR count). The van der Waals surface area contributed by atoms with Crippen molar-refractivity contribution in [2.24, 2.45) is 0 Å². The first-order chi connectivity index (χ1) is 15.3. The summed E-state index contributed by atoms with van der Waals surface area (Å²) in [6.45, 7) is 3.92. The van der Waals surface area contributed by atoms with E-state index < -0.39 is 10.0 Å². The Morgan fingerprint density at radius 2 is 1.56 bits per heavy atom. The minimum Gasteiger partial charge on any atom is -0.368 e. The summed E-state index contributed by atoms with van der Waals surface area (Å²) < 4.78 is 41.6. The van der Waals surface area contributed by atoms with Crippen LogP contribution in [0.2, 0.25) is 0 Å². The van der Waals surface area contributed by atoms with E-state index in [-0.39, 0.29) is 16.6 Å². The number of para-hydroxylation sites is 1. The summed E-state index contributed by atoms with van der Waals surface area (Å²) in [5.41, 5.74) is 2.26. The predicted octanol–water partition coefficient (Wildman–Crippen LogP) is 3.90. The number of carbonyl (C=O) groups excluding carboxylic acids is 1. The molecule has 0 aliphatic carbocycles. The first-order valence-corrected chi connectivity index (χ1v) is 11.8. The zero-order valence-electron chi connectivity index (χ0n) is 17.7. The molecule has 1 fully saturated rings. The molecule has 1 heterocycles. The summed E-state index contributed by atoms with van der Waals surface area (Å²) in [4.78, 5) is 17.0. The Morgan fingerprint density at radius 3 is 2.22 bits per heavy atom. The van der Waals surface area contributed by atoms with Crippen LogP contribution in [0.4, 0.5) is 15.8 Å². The highest BCUT2D eigenvalue weighted by Gasteiger charge is 2.25. The minimum atomic E-state index is -3.84. The average Bonchev–Trinajstić information content (AvgIpc) is 2.80. The van der Waals surface area contributed by atoms with Gasteiger partial charge in [0.05, 0.1) is 4.90 Å². The normalized spacial score (nSPS) is 14.3. The second kappa shape index (κ2) is 9.00. The molecule has 0 bridgehead atoms. The number of carbonyl (C=O) groups is 1. The highest BCUT2D eigenvalue weighted by Crippen LogP contribution is 2.23. The number of halogens is 1. The first kappa shape index (κ1) is 21.8. The van der Waals surface area contributed by atoms with Gasteiger partial charge < -0.3 is 9.80 Å². The van der Waals surface area contributed by atoms with Crippen LogP contribution in [0.3, 0.4) is 0 Å². The van der Waals surface area contributed by atoms with Gasteiger partial charge in [0, 0.05) is 43.1 Å². The molecule has 1 amide bonds. The molecule has 1 saturated heterocycles. The lowest BCUT2D eigenvalue weighted by molar-refractivity contribution is 0.0746. The third-order valence-electron chi connectivity index (χ3n) is 5.51. The largest absolute Gasteiger partial charge is 0.368 e. The van der Waals surface area contributed by atoms with Crippen molar-refractivity contribution in [3.63, 3.8) is 0 Å². The third kappa shape index (κ3) is 4.75. The Bertz CT molecular complexity index is 1210. The number of sulfonamides is 1. The van der Waals surface area contributed by atoms with E-state index in [9.17, 15) is 17.6 Å². The van der Waals surface area contributed by atoms with Crippen molar-refractivity contribution < 1.29 is 17.6 Å². The molecule has 0 atom stereocenters. The zero-order chi connectivity index (χ0) is 22.7. The average molecular weight is 454 g/mol. The molecule has 1 N–H and O–H groups in total. The van der Waals surface area contributed by atoms with Gasteiger partial charge in [-0.3, -0.25) is 9.52 Å². The zero-order valence-corrected chi connectivity index (χ0v) is 18.5. The maximum atomic E-state index is 13.2. The van der Waals surface area contributed by atoms with Gasteiger partial charge in [-0.05, 0) is 61.0 Å². The lowest BCUT2D eigenvalue weighted by Crippen LogP contribution is -2.48. The summed E-state index contributed by atoms with van der Waals surface area (Å²) in [5.74, 6) is -0.491. The number of piperazine rings is 1. The smallest absolute Gasteiger partial charge is 0.262 e. The molecule has 0 aromatic heterocycles. The number of nitrogens with one attached hydrogen (secondary N) is 1. The molecule has 166 valence electrons. The van der Waals surface area contributed by atoms with Crippen molar-refractivity contribution in [2.75, 3.05) is 35.8 Å². The van der Waals surface area contributed by atoms with E-state index in [2.05, 4.69) is 9.62 Å². The van der Waals surface area contributed by atoms with Gasteiger partial charge in [-0.1, -0.05) is 24.3 Å². The van der Waals surface area contributed by atoms with E-state index in [1.165, 1.54) is 18.2 Å². The topological polar surface area (TPSA) is 69.7 Å². The van der Waals surface area contributed by atoms with E-state index in [0.717, 1.165) is 5.69 Å². The fourth-order valence-electron chi connectivity index (χ4n) is 3.74. The Balaban J connectivity index is 1.48. The molecule has 1 aliphatic heterocycles. The maximum Gasteiger partial charge on any atom is 0.262 e. The number of hydrogen-bond acceptors (Lipinski definition) is 4. The Labute approximate surface area is 187 Å². The van der Waals surface area contributed by atoms with Crippen LogP contribution in [0.15, 0.2) is 77.7 Å². The molecular weight excluding hydrogens is 429 g/mol. The molecule has 0 saturated carbocycles. The van der Waals surface area contributed by atoms with Crippen molar-refractivity contribution in [1.82, 2.24) is 4.90 Å². The summed E-state index contributed by atoms with van der Waals surface area (Å²) in [6.07, 6.45) is 0. The molecule has 32 heavy (non-hydrogen) atoms. The van der Waals surface area contributed by atoms with E-state index in [0.29, 0.717) is 43.0 Å². The van der Waals surface area contributed by atoms with Crippen LogP contribution < -0.4 is 9.62 Å². The third-order valence-corrected chi connectivity index (χ3v) is 7.03. The number of hydrogen-bond donors (Lipinski definition) is 1. The molecule has 0 unspecified atom stereocenters. The van der Waals surface area contributed by atoms with Crippen LogP contribution in [0.5, 0.6) is 0 Å². The van der Waals surface area contributed by atoms with Crippen LogP contribution in [0.25, 0.3) is 0 Å². The molecule has 3 aromatic carbocycles. The quantitative estimate of drug-likeness (QED) is 0.636. The monoisotopic (exact) mass is 453 g/mol. The van der Waals surface area contributed by atoms with Crippen molar-refractivity contribution in [3.8, 4) is 0 Å². The fraction of sp³-hybridized carbons (Fsp3) is 0.208. The summed E-state index contributed by atoms with van der Waals surface area (Å²) in [5, 5.41) is 0. The number of benzene rings is 3. The Hall–Kier alpha value is -3.39. The standard InChI is InChI=1S/C24H24FN3O3S/c1-18-7-8-19(17-23(18)32(30,31)26-21-5-3-2-4-6-21)24(29)28-15-13-27(14-16-28)22-11-9-20(25)10-12-22/h2-12,17,26H,13-16H2,1H3. The summed E-state index contributed by atoms with van der Waals surface area (Å²) in [7, 11) is -3.84. The fourth-order valence-corrected chi connectivity index (χ4v) is 5.07. The number of nitrogens with zero attached hydrogens (tertiary/aromatic N) is 2. The van der Waals surface area contributed by atoms with Gasteiger partial charge in [-0.2, -0.15) is 0 Å². The van der Waals surface area contributed by atoms with E-state index in [1.807, 2.05) is 0 Å². The molecule has 6 nitrogen and oxygen atoms in total. The molecule has 0 spiro atoms. The van der Waals surface area contributed by atoms with Crippen LogP contribution in [0.1, 0.15) is 15.9 Å². The Morgan fingerprint density at radius 1 is 0.906 bits per heavy atom.